The summed E-state index contributed by atoms with van der Waals surface area (Å²) >= 11 is 0. The van der Waals surface area contributed by atoms with Crippen molar-refractivity contribution in [2.45, 2.75) is 12.8 Å². The van der Waals surface area contributed by atoms with E-state index in [1.807, 2.05) is 6.07 Å². The average Bonchev–Trinajstić information content (AvgIpc) is 3.20. The Morgan fingerprint density at radius 1 is 1.37 bits per heavy atom. The molecular formula is C19H27N3O4S. The quantitative estimate of drug-likeness (QED) is 0.787. The van der Waals surface area contributed by atoms with Crippen LogP contribution in [0.25, 0.3) is 0 Å². The number of rotatable bonds is 5. The maximum Gasteiger partial charge on any atom is 0.230 e. The fourth-order valence-corrected chi connectivity index (χ4v) is 5.50. The van der Waals surface area contributed by atoms with Crippen LogP contribution in [0.15, 0.2) is 24.3 Å². The summed E-state index contributed by atoms with van der Waals surface area (Å²) in [6.07, 6.45) is 3.42. The summed E-state index contributed by atoms with van der Waals surface area (Å²) in [4.78, 5) is 15.3. The van der Waals surface area contributed by atoms with E-state index in [-0.39, 0.29) is 18.4 Å². The third kappa shape index (κ3) is 3.46. The van der Waals surface area contributed by atoms with Gasteiger partial charge in [-0.05, 0) is 24.5 Å². The third-order valence-corrected chi connectivity index (χ3v) is 7.35. The highest BCUT2D eigenvalue weighted by Crippen LogP contribution is 2.42. The molecule has 2 saturated heterocycles. The molecule has 4 rings (SSSR count). The summed E-state index contributed by atoms with van der Waals surface area (Å²) in [6.45, 7) is 3.61. The topological polar surface area (TPSA) is 78.9 Å². The number of amides is 1. The predicted molar refractivity (Wildman–Crippen MR) is 103 cm³/mol. The van der Waals surface area contributed by atoms with E-state index >= 15 is 0 Å². The second-order valence-electron chi connectivity index (χ2n) is 7.90. The first kappa shape index (κ1) is 18.7. The van der Waals surface area contributed by atoms with Crippen molar-refractivity contribution in [1.29, 1.82) is 0 Å². The lowest BCUT2D eigenvalue weighted by atomic mass is 9.80. The molecule has 0 aliphatic carbocycles. The number of hydrogen-bond acceptors (Lipinski definition) is 5. The molecule has 3 heterocycles. The number of carbonyl (C=O) groups excluding carboxylic acids is 1. The summed E-state index contributed by atoms with van der Waals surface area (Å²) in [7, 11) is -3.30. The summed E-state index contributed by atoms with van der Waals surface area (Å²) in [5, 5.41) is 3.05. The van der Waals surface area contributed by atoms with Crippen molar-refractivity contribution in [1.82, 2.24) is 9.62 Å². The molecule has 0 aromatic heterocycles. The van der Waals surface area contributed by atoms with Crippen LogP contribution >= 0.6 is 0 Å². The van der Waals surface area contributed by atoms with Gasteiger partial charge in [-0.1, -0.05) is 18.2 Å². The van der Waals surface area contributed by atoms with Crippen LogP contribution in [0.2, 0.25) is 0 Å². The van der Waals surface area contributed by atoms with Gasteiger partial charge in [0.1, 0.15) is 0 Å². The van der Waals surface area contributed by atoms with Crippen LogP contribution in [-0.2, 0) is 26.0 Å². The van der Waals surface area contributed by atoms with Crippen LogP contribution < -0.4 is 10.2 Å². The standard InChI is InChI=1S/C19H27N3O4S/c1-27(24,25)22-11-16-12-26-14-19(16,13-22)18(23)20-8-10-21-9-4-6-15-5-2-3-7-17(15)21/h2-3,5,7,16H,4,6,8-14H2,1H3,(H,20,23)/t16?,19-/m1/s1. The van der Waals surface area contributed by atoms with Gasteiger partial charge in [-0.15, -0.1) is 0 Å². The lowest BCUT2D eigenvalue weighted by Crippen LogP contribution is -2.49. The highest BCUT2D eigenvalue weighted by atomic mass is 32.2. The van der Waals surface area contributed by atoms with Crippen LogP contribution in [-0.4, -0.2) is 70.8 Å². The molecule has 3 aliphatic rings. The van der Waals surface area contributed by atoms with Gasteiger partial charge in [-0.25, -0.2) is 12.7 Å². The van der Waals surface area contributed by atoms with Crippen LogP contribution in [0, 0.1) is 11.3 Å². The van der Waals surface area contributed by atoms with Crippen molar-refractivity contribution in [2.75, 3.05) is 57.1 Å². The fourth-order valence-electron chi connectivity index (χ4n) is 4.59. The van der Waals surface area contributed by atoms with Gasteiger partial charge in [0.15, 0.2) is 0 Å². The highest BCUT2D eigenvalue weighted by Gasteiger charge is 2.57. The van der Waals surface area contributed by atoms with E-state index in [4.69, 9.17) is 4.74 Å². The van der Waals surface area contributed by atoms with Crippen LogP contribution in [0.1, 0.15) is 12.0 Å². The van der Waals surface area contributed by atoms with Crippen LogP contribution in [0.4, 0.5) is 5.69 Å². The minimum Gasteiger partial charge on any atom is -0.380 e. The Hall–Kier alpha value is -1.64. The minimum absolute atomic E-state index is 0.0667. The second-order valence-corrected chi connectivity index (χ2v) is 9.88. The number of ether oxygens (including phenoxy) is 1. The number of nitrogens with zero attached hydrogens (tertiary/aromatic N) is 2. The van der Waals surface area contributed by atoms with Gasteiger partial charge in [0.25, 0.3) is 0 Å². The number of fused-ring (bicyclic) bond motifs is 2. The number of hydrogen-bond donors (Lipinski definition) is 1. The normalized spacial score (nSPS) is 28.0. The van der Waals surface area contributed by atoms with Crippen molar-refractivity contribution in [3.05, 3.63) is 29.8 Å². The zero-order chi connectivity index (χ0) is 19.1. The first-order chi connectivity index (χ1) is 12.9. The molecule has 1 N–H and O–H groups in total. The first-order valence-corrected chi connectivity index (χ1v) is 11.4. The van der Waals surface area contributed by atoms with E-state index in [1.54, 1.807) is 0 Å². The highest BCUT2D eigenvalue weighted by molar-refractivity contribution is 7.88. The van der Waals surface area contributed by atoms with Gasteiger partial charge in [0, 0.05) is 44.3 Å². The molecule has 1 aromatic rings. The summed E-state index contributed by atoms with van der Waals surface area (Å²) < 4.78 is 30.8. The number of anilines is 1. The van der Waals surface area contributed by atoms with Crippen molar-refractivity contribution in [3.63, 3.8) is 0 Å². The fraction of sp³-hybridized carbons (Fsp3) is 0.632. The van der Waals surface area contributed by atoms with E-state index < -0.39 is 15.4 Å². The third-order valence-electron chi connectivity index (χ3n) is 6.14. The number of aryl methyl sites for hydroxylation is 1. The Morgan fingerprint density at radius 3 is 3.00 bits per heavy atom. The smallest absolute Gasteiger partial charge is 0.230 e. The number of para-hydroxylation sites is 1. The minimum atomic E-state index is -3.30. The van der Waals surface area contributed by atoms with E-state index in [9.17, 15) is 13.2 Å². The predicted octanol–water partition coefficient (Wildman–Crippen LogP) is 0.463. The summed E-state index contributed by atoms with van der Waals surface area (Å²) in [6, 6.07) is 8.42. The molecule has 148 valence electrons. The molecule has 27 heavy (non-hydrogen) atoms. The number of benzene rings is 1. The van der Waals surface area contributed by atoms with Gasteiger partial charge in [-0.2, -0.15) is 0 Å². The van der Waals surface area contributed by atoms with Crippen molar-refractivity contribution >= 4 is 21.6 Å². The van der Waals surface area contributed by atoms with Gasteiger partial charge < -0.3 is 15.0 Å². The summed E-state index contributed by atoms with van der Waals surface area (Å²) in [5.41, 5.74) is 1.86. The van der Waals surface area contributed by atoms with Crippen molar-refractivity contribution in [2.24, 2.45) is 11.3 Å². The molecule has 1 aromatic carbocycles. The molecule has 7 nitrogen and oxygen atoms in total. The van der Waals surface area contributed by atoms with Crippen LogP contribution in [0.5, 0.6) is 0 Å². The Balaban J connectivity index is 1.39. The number of carbonyl (C=O) groups is 1. The molecule has 8 heteroatoms. The Morgan fingerprint density at radius 2 is 2.19 bits per heavy atom. The van der Waals surface area contributed by atoms with E-state index in [0.29, 0.717) is 26.3 Å². The Kier molecular flexibility index (Phi) is 4.90. The van der Waals surface area contributed by atoms with Crippen LogP contribution in [0.3, 0.4) is 0 Å². The zero-order valence-corrected chi connectivity index (χ0v) is 16.5. The number of sulfonamides is 1. The molecule has 0 radical (unpaired) electrons. The Labute approximate surface area is 160 Å². The van der Waals surface area contributed by atoms with Gasteiger partial charge in [-0.3, -0.25) is 4.79 Å². The maximum atomic E-state index is 13.0. The van der Waals surface area contributed by atoms with Gasteiger partial charge in [0.05, 0.1) is 24.9 Å². The van der Waals surface area contributed by atoms with Gasteiger partial charge in [0.2, 0.25) is 15.9 Å². The monoisotopic (exact) mass is 393 g/mol. The zero-order valence-electron chi connectivity index (χ0n) is 15.7. The molecule has 0 saturated carbocycles. The summed E-state index contributed by atoms with van der Waals surface area (Å²) in [5.74, 6) is -0.149. The van der Waals surface area contributed by atoms with E-state index in [2.05, 4.69) is 28.4 Å². The van der Waals surface area contributed by atoms with Crippen molar-refractivity contribution in [3.8, 4) is 0 Å². The van der Waals surface area contributed by atoms with E-state index in [1.165, 1.54) is 21.8 Å². The molecule has 3 aliphatic heterocycles. The van der Waals surface area contributed by atoms with Crippen molar-refractivity contribution < 1.29 is 17.9 Å². The lowest BCUT2D eigenvalue weighted by Gasteiger charge is -2.32. The SMILES string of the molecule is CS(=O)(=O)N1CC2COC[C@]2(C(=O)NCCN2CCCc3ccccc32)C1. The van der Waals surface area contributed by atoms with E-state index in [0.717, 1.165) is 25.9 Å². The second kappa shape index (κ2) is 7.07. The lowest BCUT2D eigenvalue weighted by molar-refractivity contribution is -0.131. The molecule has 1 amide bonds. The molecule has 0 spiro atoms. The largest absolute Gasteiger partial charge is 0.380 e. The molecule has 2 atom stereocenters. The number of nitrogens with one attached hydrogen (secondary N) is 1. The molecule has 1 unspecified atom stereocenters. The maximum absolute atomic E-state index is 13.0. The Bertz CT molecular complexity index is 828. The average molecular weight is 394 g/mol. The molecule has 0 bridgehead atoms. The van der Waals surface area contributed by atoms with Gasteiger partial charge >= 0.3 is 0 Å². The molecular weight excluding hydrogens is 366 g/mol. The molecule has 2 fully saturated rings. The first-order valence-electron chi connectivity index (χ1n) is 9.54.